The molecule has 0 aliphatic heterocycles. The maximum absolute atomic E-state index is 12.2. The molecule has 0 N–H and O–H groups in total. The summed E-state index contributed by atoms with van der Waals surface area (Å²) in [6.45, 7) is 0. The standard InChI is InChI=1S/C5ClF7/c6-1-2(7)4(10,11)5(12,13)3(1,8)9. The van der Waals surface area contributed by atoms with Gasteiger partial charge in [-0.2, -0.15) is 26.3 Å². The highest BCUT2D eigenvalue weighted by molar-refractivity contribution is 6.31. The Morgan fingerprint density at radius 1 is 0.846 bits per heavy atom. The van der Waals surface area contributed by atoms with Crippen molar-refractivity contribution in [1.82, 2.24) is 0 Å². The fraction of sp³-hybridized carbons (Fsp3) is 0.600. The number of hydrogen-bond donors (Lipinski definition) is 0. The molecule has 1 aliphatic rings. The number of hydrogen-bond acceptors (Lipinski definition) is 0. The van der Waals surface area contributed by atoms with E-state index in [1.807, 2.05) is 0 Å². The van der Waals surface area contributed by atoms with Crippen molar-refractivity contribution >= 4 is 11.6 Å². The largest absolute Gasteiger partial charge is 0.384 e. The third-order valence-corrected chi connectivity index (χ3v) is 1.94. The van der Waals surface area contributed by atoms with E-state index in [1.165, 1.54) is 0 Å². The second kappa shape index (κ2) is 2.31. The van der Waals surface area contributed by atoms with E-state index in [-0.39, 0.29) is 0 Å². The lowest BCUT2D eigenvalue weighted by molar-refractivity contribution is -0.266. The zero-order valence-corrected chi connectivity index (χ0v) is 6.28. The topological polar surface area (TPSA) is 0 Å². The van der Waals surface area contributed by atoms with Gasteiger partial charge in [0.05, 0.1) is 0 Å². The van der Waals surface area contributed by atoms with E-state index in [0.717, 1.165) is 0 Å². The molecule has 0 spiro atoms. The van der Waals surface area contributed by atoms with Gasteiger partial charge in [-0.15, -0.1) is 0 Å². The molecule has 76 valence electrons. The Morgan fingerprint density at radius 3 is 1.31 bits per heavy atom. The van der Waals surface area contributed by atoms with Crippen molar-refractivity contribution in [1.29, 1.82) is 0 Å². The Bertz CT molecular complexity index is 253. The molecule has 0 aromatic carbocycles. The van der Waals surface area contributed by atoms with Crippen LogP contribution in [0.25, 0.3) is 0 Å². The molecule has 0 aromatic rings. The van der Waals surface area contributed by atoms with E-state index in [9.17, 15) is 30.7 Å². The van der Waals surface area contributed by atoms with Crippen molar-refractivity contribution in [2.45, 2.75) is 17.8 Å². The van der Waals surface area contributed by atoms with Gasteiger partial charge in [-0.1, -0.05) is 11.6 Å². The van der Waals surface area contributed by atoms with Gasteiger partial charge in [0.1, 0.15) is 5.03 Å². The number of allylic oxidation sites excluding steroid dienone is 2. The first-order valence-corrected chi connectivity index (χ1v) is 3.14. The van der Waals surface area contributed by atoms with E-state index >= 15 is 0 Å². The Kier molecular flexibility index (Phi) is 1.89. The van der Waals surface area contributed by atoms with Crippen LogP contribution in [0.4, 0.5) is 30.7 Å². The molecule has 0 atom stereocenters. The molecular weight excluding hydrogens is 228 g/mol. The maximum Gasteiger partial charge on any atom is 0.384 e. The van der Waals surface area contributed by atoms with Crippen LogP contribution in [0.3, 0.4) is 0 Å². The van der Waals surface area contributed by atoms with Crippen molar-refractivity contribution in [3.05, 3.63) is 10.9 Å². The Morgan fingerprint density at radius 2 is 1.23 bits per heavy atom. The van der Waals surface area contributed by atoms with Crippen molar-refractivity contribution < 1.29 is 30.7 Å². The van der Waals surface area contributed by atoms with Crippen LogP contribution in [-0.4, -0.2) is 17.8 Å². The molecular formula is C5ClF7. The van der Waals surface area contributed by atoms with Gasteiger partial charge in [-0.05, 0) is 0 Å². The van der Waals surface area contributed by atoms with Crippen molar-refractivity contribution in [2.24, 2.45) is 0 Å². The van der Waals surface area contributed by atoms with Gasteiger partial charge in [0.15, 0.2) is 5.83 Å². The minimum absolute atomic E-state index is 2.44. The fourth-order valence-electron chi connectivity index (χ4n) is 0.749. The summed E-state index contributed by atoms with van der Waals surface area (Å²) < 4.78 is 85.0. The minimum Gasteiger partial charge on any atom is -0.203 e. The molecule has 0 bridgehead atoms. The summed E-state index contributed by atoms with van der Waals surface area (Å²) in [5.74, 6) is -19.7. The van der Waals surface area contributed by atoms with Gasteiger partial charge < -0.3 is 0 Å². The average molecular weight is 228 g/mol. The van der Waals surface area contributed by atoms with Crippen molar-refractivity contribution in [3.63, 3.8) is 0 Å². The molecule has 13 heavy (non-hydrogen) atoms. The summed E-state index contributed by atoms with van der Waals surface area (Å²) >= 11 is 4.32. The SMILES string of the molecule is FC1=C(Cl)C(F)(F)C(F)(F)C1(F)F. The van der Waals surface area contributed by atoms with Crippen LogP contribution < -0.4 is 0 Å². The second-order valence-electron chi connectivity index (χ2n) is 2.35. The number of alkyl halides is 6. The predicted molar refractivity (Wildman–Crippen MR) is 28.8 cm³/mol. The first kappa shape index (κ1) is 10.6. The summed E-state index contributed by atoms with van der Waals surface area (Å²) in [6.07, 6.45) is 0. The lowest BCUT2D eigenvalue weighted by Gasteiger charge is -2.23. The fourth-order valence-corrected chi connectivity index (χ4v) is 0.986. The summed E-state index contributed by atoms with van der Waals surface area (Å²) in [5, 5.41) is -2.44. The third kappa shape index (κ3) is 0.934. The van der Waals surface area contributed by atoms with Crippen molar-refractivity contribution in [3.8, 4) is 0 Å². The zero-order valence-electron chi connectivity index (χ0n) is 5.52. The van der Waals surface area contributed by atoms with Crippen LogP contribution in [0.15, 0.2) is 10.9 Å². The van der Waals surface area contributed by atoms with Crippen LogP contribution in [0.1, 0.15) is 0 Å². The molecule has 0 amide bonds. The van der Waals surface area contributed by atoms with Crippen LogP contribution in [0.5, 0.6) is 0 Å². The smallest absolute Gasteiger partial charge is 0.203 e. The van der Waals surface area contributed by atoms with Gasteiger partial charge in [0.25, 0.3) is 0 Å². The third-order valence-electron chi connectivity index (χ3n) is 1.53. The van der Waals surface area contributed by atoms with E-state index in [2.05, 4.69) is 11.6 Å². The normalized spacial score (nSPS) is 29.5. The van der Waals surface area contributed by atoms with Crippen LogP contribution in [-0.2, 0) is 0 Å². The predicted octanol–water partition coefficient (Wildman–Crippen LogP) is 3.33. The zero-order chi connectivity index (χ0) is 10.7. The highest BCUT2D eigenvalue weighted by Gasteiger charge is 2.81. The van der Waals surface area contributed by atoms with E-state index in [1.54, 1.807) is 0 Å². The highest BCUT2D eigenvalue weighted by atomic mass is 35.5. The Hall–Kier alpha value is -0.460. The monoisotopic (exact) mass is 228 g/mol. The van der Waals surface area contributed by atoms with Gasteiger partial charge in [-0.3, -0.25) is 0 Å². The molecule has 0 saturated carbocycles. The molecule has 0 radical (unpaired) electrons. The van der Waals surface area contributed by atoms with Gasteiger partial charge in [0, 0.05) is 0 Å². The van der Waals surface area contributed by atoms with Gasteiger partial charge >= 0.3 is 17.8 Å². The van der Waals surface area contributed by atoms with Gasteiger partial charge in [-0.25, -0.2) is 4.39 Å². The van der Waals surface area contributed by atoms with Crippen LogP contribution in [0.2, 0.25) is 0 Å². The molecule has 0 saturated heterocycles. The van der Waals surface area contributed by atoms with E-state index in [0.29, 0.717) is 0 Å². The molecule has 0 fully saturated rings. The molecule has 0 nitrogen and oxygen atoms in total. The molecule has 8 heteroatoms. The molecule has 1 aliphatic carbocycles. The lowest BCUT2D eigenvalue weighted by Crippen LogP contribution is -2.48. The second-order valence-corrected chi connectivity index (χ2v) is 2.73. The first-order valence-electron chi connectivity index (χ1n) is 2.76. The summed E-state index contributed by atoms with van der Waals surface area (Å²) in [7, 11) is 0. The Balaban J connectivity index is 3.39. The number of halogens is 8. The van der Waals surface area contributed by atoms with Gasteiger partial charge in [0.2, 0.25) is 0 Å². The lowest BCUT2D eigenvalue weighted by atomic mass is 10.2. The summed E-state index contributed by atoms with van der Waals surface area (Å²) in [4.78, 5) is 0. The van der Waals surface area contributed by atoms with E-state index in [4.69, 9.17) is 0 Å². The molecule has 0 aromatic heterocycles. The summed E-state index contributed by atoms with van der Waals surface area (Å²) in [5.41, 5.74) is 0. The quantitative estimate of drug-likeness (QED) is 0.558. The summed E-state index contributed by atoms with van der Waals surface area (Å²) in [6, 6.07) is 0. The average Bonchev–Trinajstić information content (AvgIpc) is 2.05. The number of rotatable bonds is 0. The minimum atomic E-state index is -5.82. The Labute approximate surface area is 72.0 Å². The highest BCUT2D eigenvalue weighted by Crippen LogP contribution is 2.60. The van der Waals surface area contributed by atoms with Crippen molar-refractivity contribution in [2.75, 3.05) is 0 Å². The van der Waals surface area contributed by atoms with Crippen LogP contribution >= 0.6 is 11.6 Å². The molecule has 1 rings (SSSR count). The first-order chi connectivity index (χ1) is 5.57. The molecule has 0 heterocycles. The van der Waals surface area contributed by atoms with E-state index < -0.39 is 28.6 Å². The maximum atomic E-state index is 12.2. The molecule has 0 unspecified atom stereocenters. The van der Waals surface area contributed by atoms with Crippen LogP contribution in [0, 0.1) is 0 Å².